The lowest BCUT2D eigenvalue weighted by Gasteiger charge is -2.34. The second-order valence-electron chi connectivity index (χ2n) is 10.6. The molecule has 1 saturated carbocycles. The third kappa shape index (κ3) is 6.34. The molecule has 5 nitrogen and oxygen atoms in total. The third-order valence-electron chi connectivity index (χ3n) is 7.81. The Balaban J connectivity index is 1.14. The van der Waals surface area contributed by atoms with Crippen LogP contribution in [0.1, 0.15) is 74.7 Å². The molecule has 0 aromatic heterocycles. The first-order valence-electron chi connectivity index (χ1n) is 12.9. The number of benzene rings is 1. The summed E-state index contributed by atoms with van der Waals surface area (Å²) >= 11 is 0. The van der Waals surface area contributed by atoms with Gasteiger partial charge in [-0.15, -0.1) is 0 Å². The summed E-state index contributed by atoms with van der Waals surface area (Å²) < 4.78 is 0. The number of carbonyl (C=O) groups excluding carboxylic acids is 2. The van der Waals surface area contributed by atoms with Gasteiger partial charge in [-0.1, -0.05) is 12.1 Å². The van der Waals surface area contributed by atoms with Gasteiger partial charge in [0.25, 0.3) is 5.91 Å². The molecule has 1 N–H and O–H groups in total. The van der Waals surface area contributed by atoms with E-state index in [1.165, 1.54) is 31.5 Å². The van der Waals surface area contributed by atoms with Gasteiger partial charge in [0.1, 0.15) is 0 Å². The van der Waals surface area contributed by atoms with Crippen LogP contribution in [0.5, 0.6) is 0 Å². The maximum Gasteiger partial charge on any atom is 0.251 e. The Hall–Kier alpha value is -1.88. The molecule has 1 aliphatic carbocycles. The largest absolute Gasteiger partial charge is 0.352 e. The summed E-state index contributed by atoms with van der Waals surface area (Å²) in [5.41, 5.74) is 2.05. The molecular weight excluding hydrogens is 398 g/mol. The van der Waals surface area contributed by atoms with Crippen LogP contribution >= 0.6 is 0 Å². The van der Waals surface area contributed by atoms with Gasteiger partial charge in [-0.25, -0.2) is 0 Å². The van der Waals surface area contributed by atoms with Crippen LogP contribution in [0.15, 0.2) is 24.3 Å². The summed E-state index contributed by atoms with van der Waals surface area (Å²) in [4.78, 5) is 29.4. The number of hydrogen-bond donors (Lipinski definition) is 1. The highest BCUT2D eigenvalue weighted by Gasteiger charge is 2.34. The van der Waals surface area contributed by atoms with Gasteiger partial charge < -0.3 is 15.1 Å². The van der Waals surface area contributed by atoms with Crippen LogP contribution in [0.2, 0.25) is 0 Å². The van der Waals surface area contributed by atoms with Crippen LogP contribution in [-0.2, 0) is 11.2 Å². The van der Waals surface area contributed by atoms with Gasteiger partial charge in [-0.2, -0.15) is 0 Å². The second-order valence-corrected chi connectivity index (χ2v) is 10.6. The molecule has 3 aliphatic rings. The molecular formula is C27H41N3O2. The van der Waals surface area contributed by atoms with Crippen molar-refractivity contribution in [3.8, 4) is 0 Å². The molecule has 1 aromatic rings. The Morgan fingerprint density at radius 3 is 2.12 bits per heavy atom. The number of carbonyl (C=O) groups is 2. The van der Waals surface area contributed by atoms with Crippen molar-refractivity contribution in [2.24, 2.45) is 17.8 Å². The molecule has 176 valence electrons. The molecule has 2 aliphatic heterocycles. The first-order valence-corrected chi connectivity index (χ1v) is 12.9. The highest BCUT2D eigenvalue weighted by molar-refractivity contribution is 5.94. The van der Waals surface area contributed by atoms with Gasteiger partial charge in [0.05, 0.1) is 0 Å². The molecule has 0 unspecified atom stereocenters. The Kier molecular flexibility index (Phi) is 7.88. The van der Waals surface area contributed by atoms with Crippen LogP contribution in [-0.4, -0.2) is 60.4 Å². The maximum atomic E-state index is 12.5. The lowest BCUT2D eigenvalue weighted by atomic mass is 9.89. The quantitative estimate of drug-likeness (QED) is 0.663. The van der Waals surface area contributed by atoms with E-state index in [9.17, 15) is 9.59 Å². The van der Waals surface area contributed by atoms with E-state index >= 15 is 0 Å². The summed E-state index contributed by atoms with van der Waals surface area (Å²) in [6.45, 7) is 9.51. The minimum atomic E-state index is 0.0445. The molecule has 2 amide bonds. The highest BCUT2D eigenvalue weighted by Crippen LogP contribution is 2.33. The average Bonchev–Trinajstić information content (AvgIpc) is 3.65. The molecule has 0 atom stereocenters. The molecule has 0 spiro atoms. The SMILES string of the molecule is CC(C)N1CCC(CCNC(=O)c2ccc(CC3CCN(C(=O)C4CC4)CC3)cc2)CC1. The van der Waals surface area contributed by atoms with Crippen molar-refractivity contribution in [1.29, 1.82) is 0 Å². The minimum absolute atomic E-state index is 0.0445. The van der Waals surface area contributed by atoms with E-state index in [0.29, 0.717) is 23.8 Å². The summed E-state index contributed by atoms with van der Waals surface area (Å²) in [5, 5.41) is 3.12. The topological polar surface area (TPSA) is 52.7 Å². The van der Waals surface area contributed by atoms with Gasteiger partial charge in [-0.3, -0.25) is 9.59 Å². The average molecular weight is 440 g/mol. The smallest absolute Gasteiger partial charge is 0.251 e. The molecule has 5 heteroatoms. The molecule has 32 heavy (non-hydrogen) atoms. The maximum absolute atomic E-state index is 12.5. The first-order chi connectivity index (χ1) is 15.5. The monoisotopic (exact) mass is 439 g/mol. The fraction of sp³-hybridized carbons (Fsp3) is 0.704. The van der Waals surface area contributed by atoms with Crippen molar-refractivity contribution in [1.82, 2.24) is 15.1 Å². The summed E-state index contributed by atoms with van der Waals surface area (Å²) in [7, 11) is 0. The zero-order valence-electron chi connectivity index (χ0n) is 20.0. The normalized spacial score (nSPS) is 21.2. The van der Waals surface area contributed by atoms with Gasteiger partial charge in [0, 0.05) is 37.2 Å². The lowest BCUT2D eigenvalue weighted by Crippen LogP contribution is -2.39. The van der Waals surface area contributed by atoms with E-state index in [1.807, 2.05) is 12.1 Å². The van der Waals surface area contributed by atoms with E-state index in [2.05, 4.69) is 41.1 Å². The van der Waals surface area contributed by atoms with Crippen molar-refractivity contribution in [2.75, 3.05) is 32.7 Å². The number of amides is 2. The molecule has 3 fully saturated rings. The molecule has 0 radical (unpaired) electrons. The Morgan fingerprint density at radius 2 is 1.53 bits per heavy atom. The second kappa shape index (κ2) is 10.8. The van der Waals surface area contributed by atoms with Gasteiger partial charge >= 0.3 is 0 Å². The number of rotatable bonds is 8. The fourth-order valence-electron chi connectivity index (χ4n) is 5.32. The highest BCUT2D eigenvalue weighted by atomic mass is 16.2. The first kappa shape index (κ1) is 23.3. The van der Waals surface area contributed by atoms with E-state index in [-0.39, 0.29) is 5.91 Å². The molecule has 2 saturated heterocycles. The van der Waals surface area contributed by atoms with Crippen LogP contribution in [0.3, 0.4) is 0 Å². The summed E-state index contributed by atoms with van der Waals surface area (Å²) in [6, 6.07) is 8.80. The van der Waals surface area contributed by atoms with Crippen molar-refractivity contribution in [3.05, 3.63) is 35.4 Å². The number of piperidine rings is 2. The predicted molar refractivity (Wildman–Crippen MR) is 129 cm³/mol. The van der Waals surface area contributed by atoms with Gasteiger partial charge in [-0.05, 0) is 108 Å². The Bertz CT molecular complexity index is 756. The van der Waals surface area contributed by atoms with E-state index in [4.69, 9.17) is 0 Å². The number of nitrogens with one attached hydrogen (secondary N) is 1. The standard InChI is InChI=1S/C27H41N3O2/c1-20(2)29-15-10-21(11-16-29)9-14-28-26(31)24-5-3-22(4-6-24)19-23-12-17-30(18-13-23)27(32)25-7-8-25/h3-6,20-21,23,25H,7-19H2,1-2H3,(H,28,31). The molecule has 1 aromatic carbocycles. The van der Waals surface area contributed by atoms with Crippen LogP contribution in [0.4, 0.5) is 0 Å². The summed E-state index contributed by atoms with van der Waals surface area (Å²) in [5.74, 6) is 2.14. The predicted octanol–water partition coefficient (Wildman–Crippen LogP) is 4.12. The van der Waals surface area contributed by atoms with Crippen molar-refractivity contribution in [3.63, 3.8) is 0 Å². The lowest BCUT2D eigenvalue weighted by molar-refractivity contribution is -0.133. The molecule has 2 heterocycles. The minimum Gasteiger partial charge on any atom is -0.352 e. The van der Waals surface area contributed by atoms with Crippen LogP contribution in [0, 0.1) is 17.8 Å². The third-order valence-corrected chi connectivity index (χ3v) is 7.81. The summed E-state index contributed by atoms with van der Waals surface area (Å²) in [6.07, 6.45) is 8.99. The van der Waals surface area contributed by atoms with Gasteiger partial charge in [0.15, 0.2) is 0 Å². The zero-order valence-corrected chi connectivity index (χ0v) is 20.0. The molecule has 0 bridgehead atoms. The van der Waals surface area contributed by atoms with Crippen LogP contribution in [0.25, 0.3) is 0 Å². The zero-order chi connectivity index (χ0) is 22.5. The number of hydrogen-bond acceptors (Lipinski definition) is 3. The molecule has 4 rings (SSSR count). The van der Waals surface area contributed by atoms with Crippen LogP contribution < -0.4 is 5.32 Å². The van der Waals surface area contributed by atoms with E-state index in [1.54, 1.807) is 0 Å². The van der Waals surface area contributed by atoms with Crippen molar-refractivity contribution >= 4 is 11.8 Å². The van der Waals surface area contributed by atoms with Crippen molar-refractivity contribution < 1.29 is 9.59 Å². The van der Waals surface area contributed by atoms with Crippen molar-refractivity contribution in [2.45, 2.75) is 71.3 Å². The van der Waals surface area contributed by atoms with Gasteiger partial charge in [0.2, 0.25) is 5.91 Å². The van der Waals surface area contributed by atoms with E-state index < -0.39 is 0 Å². The fourth-order valence-corrected chi connectivity index (χ4v) is 5.32. The number of nitrogens with zero attached hydrogens (tertiary/aromatic N) is 2. The Labute approximate surface area is 193 Å². The Morgan fingerprint density at radius 1 is 0.906 bits per heavy atom. The number of likely N-dealkylation sites (tertiary alicyclic amines) is 2. The van der Waals surface area contributed by atoms with E-state index in [0.717, 1.165) is 69.6 Å².